The summed E-state index contributed by atoms with van der Waals surface area (Å²) in [4.78, 5) is 9.34. The van der Waals surface area contributed by atoms with Crippen molar-refractivity contribution in [2.45, 2.75) is 26.4 Å². The first kappa shape index (κ1) is 20.0. The molecule has 0 amide bonds. The normalized spacial score (nSPS) is 11.8. The van der Waals surface area contributed by atoms with Gasteiger partial charge in [-0.25, -0.2) is 0 Å². The Bertz CT molecular complexity index is 662. The van der Waals surface area contributed by atoms with Gasteiger partial charge in [0.1, 0.15) is 0 Å². The molecular weight excluding hydrogens is 322 g/mol. The topological polar surface area (TPSA) is 35.8 Å². The molecule has 0 saturated heterocycles. The fourth-order valence-electron chi connectivity index (χ4n) is 2.95. The molecule has 0 radical (unpaired) electrons. The van der Waals surface area contributed by atoms with E-state index in [1.807, 2.05) is 0 Å². The number of nitrogens with one attached hydrogen (secondary N) is 1. The molecule has 5 nitrogen and oxygen atoms in total. The van der Waals surface area contributed by atoms with Crippen LogP contribution in [-0.2, 0) is 20.1 Å². The third-order valence-electron chi connectivity index (χ3n) is 4.40. The van der Waals surface area contributed by atoms with Gasteiger partial charge in [-0.2, -0.15) is 0 Å². The van der Waals surface area contributed by atoms with Gasteiger partial charge in [-0.3, -0.25) is 4.99 Å². The Balaban J connectivity index is 1.79. The maximum atomic E-state index is 4.80. The molecule has 0 fully saturated rings. The van der Waals surface area contributed by atoms with Gasteiger partial charge in [-0.1, -0.05) is 30.3 Å². The Hall–Kier alpha value is -2.27. The van der Waals surface area contributed by atoms with Crippen LogP contribution in [0.2, 0.25) is 0 Å². The number of hydrogen-bond donors (Lipinski definition) is 1. The first-order chi connectivity index (χ1) is 12.6. The molecule has 2 rings (SSSR count). The predicted octanol–water partition coefficient (Wildman–Crippen LogP) is 2.94. The molecule has 0 unspecified atom stereocenters. The van der Waals surface area contributed by atoms with Crippen molar-refractivity contribution in [2.24, 2.45) is 12.0 Å². The third-order valence-corrected chi connectivity index (χ3v) is 4.40. The molecule has 0 bridgehead atoms. The van der Waals surface area contributed by atoms with Crippen LogP contribution in [0.15, 0.2) is 53.7 Å². The summed E-state index contributed by atoms with van der Waals surface area (Å²) < 4.78 is 2.15. The van der Waals surface area contributed by atoms with E-state index in [9.17, 15) is 0 Å². The van der Waals surface area contributed by atoms with Gasteiger partial charge in [-0.15, -0.1) is 0 Å². The van der Waals surface area contributed by atoms with Crippen molar-refractivity contribution < 1.29 is 0 Å². The average Bonchev–Trinajstić information content (AvgIpc) is 3.03. The fraction of sp³-hybridized carbons (Fsp3) is 0.476. The zero-order valence-electron chi connectivity index (χ0n) is 16.7. The molecule has 0 spiro atoms. The summed E-state index contributed by atoms with van der Waals surface area (Å²) in [6.45, 7) is 6.70. The Labute approximate surface area is 158 Å². The van der Waals surface area contributed by atoms with Crippen molar-refractivity contribution >= 4 is 5.96 Å². The molecule has 1 heterocycles. The summed E-state index contributed by atoms with van der Waals surface area (Å²) in [6.07, 6.45) is 3.13. The number of aromatic nitrogens is 1. The Kier molecular flexibility index (Phi) is 8.22. The smallest absolute Gasteiger partial charge is 0.194 e. The number of nitrogens with zero attached hydrogens (tertiary/aromatic N) is 4. The number of aryl methyl sites for hydroxylation is 1. The number of guanidine groups is 1. The fourth-order valence-corrected chi connectivity index (χ4v) is 2.95. The SMILES string of the molecule is CCNC(=NCCCN(C)Cc1ccccc1)N(C)Cc1cccn1C. The highest BCUT2D eigenvalue weighted by Crippen LogP contribution is 2.05. The minimum Gasteiger partial charge on any atom is -0.357 e. The summed E-state index contributed by atoms with van der Waals surface area (Å²) >= 11 is 0. The second-order valence-corrected chi connectivity index (χ2v) is 6.78. The van der Waals surface area contributed by atoms with Crippen molar-refractivity contribution in [3.8, 4) is 0 Å². The van der Waals surface area contributed by atoms with Crippen LogP contribution in [0.5, 0.6) is 0 Å². The summed E-state index contributed by atoms with van der Waals surface area (Å²) in [6, 6.07) is 14.8. The largest absolute Gasteiger partial charge is 0.357 e. The van der Waals surface area contributed by atoms with Crippen LogP contribution in [-0.4, -0.2) is 54.1 Å². The van der Waals surface area contributed by atoms with Gasteiger partial charge in [-0.05, 0) is 44.6 Å². The summed E-state index contributed by atoms with van der Waals surface area (Å²) in [5, 5.41) is 3.40. The van der Waals surface area contributed by atoms with Crippen molar-refractivity contribution in [1.29, 1.82) is 0 Å². The lowest BCUT2D eigenvalue weighted by molar-refractivity contribution is 0.324. The van der Waals surface area contributed by atoms with Crippen LogP contribution >= 0.6 is 0 Å². The number of benzene rings is 1. The first-order valence-electron chi connectivity index (χ1n) is 9.42. The van der Waals surface area contributed by atoms with E-state index in [0.29, 0.717) is 0 Å². The van der Waals surface area contributed by atoms with Crippen molar-refractivity contribution in [3.63, 3.8) is 0 Å². The highest BCUT2D eigenvalue weighted by Gasteiger charge is 2.08. The van der Waals surface area contributed by atoms with Gasteiger partial charge in [0.2, 0.25) is 0 Å². The quantitative estimate of drug-likeness (QED) is 0.427. The van der Waals surface area contributed by atoms with Gasteiger partial charge in [0.05, 0.1) is 6.54 Å². The Morgan fingerprint density at radius 3 is 2.50 bits per heavy atom. The van der Waals surface area contributed by atoms with Gasteiger partial charge < -0.3 is 19.7 Å². The van der Waals surface area contributed by atoms with Crippen molar-refractivity contribution in [3.05, 3.63) is 59.9 Å². The highest BCUT2D eigenvalue weighted by molar-refractivity contribution is 5.79. The van der Waals surface area contributed by atoms with Crippen LogP contribution in [0, 0.1) is 0 Å². The van der Waals surface area contributed by atoms with E-state index in [-0.39, 0.29) is 0 Å². The number of rotatable bonds is 9. The van der Waals surface area contributed by atoms with E-state index in [4.69, 9.17) is 4.99 Å². The standard InChI is InChI=1S/C21H33N5/c1-5-22-21(26(4)18-20-13-9-16-25(20)3)23-14-10-15-24(2)17-19-11-7-6-8-12-19/h6-9,11-13,16H,5,10,14-15,17-18H2,1-4H3,(H,22,23). The Morgan fingerprint density at radius 1 is 1.08 bits per heavy atom. The minimum atomic E-state index is 0.832. The summed E-state index contributed by atoms with van der Waals surface area (Å²) in [5.41, 5.74) is 2.63. The number of hydrogen-bond acceptors (Lipinski definition) is 2. The molecule has 2 aromatic rings. The molecule has 0 aliphatic rings. The lowest BCUT2D eigenvalue weighted by atomic mass is 10.2. The maximum absolute atomic E-state index is 4.80. The summed E-state index contributed by atoms with van der Waals surface area (Å²) in [5.74, 6) is 0.972. The molecule has 26 heavy (non-hydrogen) atoms. The van der Waals surface area contributed by atoms with Crippen LogP contribution in [0.4, 0.5) is 0 Å². The predicted molar refractivity (Wildman–Crippen MR) is 110 cm³/mol. The van der Waals surface area contributed by atoms with Crippen LogP contribution in [0.25, 0.3) is 0 Å². The molecule has 5 heteroatoms. The van der Waals surface area contributed by atoms with E-state index < -0.39 is 0 Å². The minimum absolute atomic E-state index is 0.832. The average molecular weight is 356 g/mol. The van der Waals surface area contributed by atoms with E-state index >= 15 is 0 Å². The van der Waals surface area contributed by atoms with Gasteiger partial charge >= 0.3 is 0 Å². The highest BCUT2D eigenvalue weighted by atomic mass is 15.3. The lowest BCUT2D eigenvalue weighted by Crippen LogP contribution is -2.39. The van der Waals surface area contributed by atoms with E-state index in [2.05, 4.69) is 96.4 Å². The second kappa shape index (κ2) is 10.7. The third kappa shape index (κ3) is 6.56. The first-order valence-corrected chi connectivity index (χ1v) is 9.42. The van der Waals surface area contributed by atoms with Crippen LogP contribution in [0.3, 0.4) is 0 Å². The monoisotopic (exact) mass is 355 g/mol. The molecule has 1 N–H and O–H groups in total. The van der Waals surface area contributed by atoms with Crippen LogP contribution < -0.4 is 5.32 Å². The zero-order valence-corrected chi connectivity index (χ0v) is 16.7. The maximum Gasteiger partial charge on any atom is 0.194 e. The van der Waals surface area contributed by atoms with Gasteiger partial charge in [0.15, 0.2) is 5.96 Å². The molecule has 1 aromatic carbocycles. The molecule has 0 saturated carbocycles. The van der Waals surface area contributed by atoms with E-state index in [1.165, 1.54) is 11.3 Å². The lowest BCUT2D eigenvalue weighted by Gasteiger charge is -2.22. The van der Waals surface area contributed by atoms with Gasteiger partial charge in [0, 0.05) is 45.6 Å². The molecule has 142 valence electrons. The summed E-state index contributed by atoms with van der Waals surface area (Å²) in [7, 11) is 6.34. The molecule has 1 aromatic heterocycles. The Morgan fingerprint density at radius 2 is 1.85 bits per heavy atom. The van der Waals surface area contributed by atoms with E-state index in [1.54, 1.807) is 0 Å². The molecule has 0 atom stereocenters. The van der Waals surface area contributed by atoms with Crippen LogP contribution in [0.1, 0.15) is 24.6 Å². The second-order valence-electron chi connectivity index (χ2n) is 6.78. The van der Waals surface area contributed by atoms with Crippen molar-refractivity contribution in [1.82, 2.24) is 19.7 Å². The van der Waals surface area contributed by atoms with E-state index in [0.717, 1.165) is 45.1 Å². The zero-order chi connectivity index (χ0) is 18.8. The van der Waals surface area contributed by atoms with Crippen molar-refractivity contribution in [2.75, 3.05) is 33.7 Å². The molecule has 0 aliphatic carbocycles. The molecule has 0 aliphatic heterocycles. The van der Waals surface area contributed by atoms with Gasteiger partial charge in [0.25, 0.3) is 0 Å². The molecular formula is C21H33N5. The number of aliphatic imine (C=N–C) groups is 1.